The first-order chi connectivity index (χ1) is 9.91. The van der Waals surface area contributed by atoms with Crippen LogP contribution in [0.5, 0.6) is 5.75 Å². The third kappa shape index (κ3) is 3.82. The molecule has 0 bridgehead atoms. The van der Waals surface area contributed by atoms with Crippen LogP contribution in [0.1, 0.15) is 38.4 Å². The summed E-state index contributed by atoms with van der Waals surface area (Å²) in [5.74, 6) is 0.861. The molecule has 2 aromatic rings. The van der Waals surface area contributed by atoms with Crippen LogP contribution in [0.2, 0.25) is 0 Å². The van der Waals surface area contributed by atoms with Gasteiger partial charge in [0.25, 0.3) is 0 Å². The number of pyridine rings is 1. The lowest BCUT2D eigenvalue weighted by Crippen LogP contribution is -2.17. The van der Waals surface area contributed by atoms with Gasteiger partial charge in [-0.15, -0.1) is 0 Å². The summed E-state index contributed by atoms with van der Waals surface area (Å²) in [6.45, 7) is 8.28. The summed E-state index contributed by atoms with van der Waals surface area (Å²) in [5.41, 5.74) is 2.74. The number of benzene rings is 1. The molecule has 0 saturated carbocycles. The highest BCUT2D eigenvalue weighted by Crippen LogP contribution is 2.27. The van der Waals surface area contributed by atoms with Crippen LogP contribution in [0, 0.1) is 6.92 Å². The van der Waals surface area contributed by atoms with E-state index in [1.807, 2.05) is 43.3 Å². The van der Waals surface area contributed by atoms with Crippen molar-refractivity contribution in [3.8, 4) is 17.0 Å². The maximum absolute atomic E-state index is 10.1. The van der Waals surface area contributed by atoms with Gasteiger partial charge >= 0.3 is 0 Å². The molecule has 0 atom stereocenters. The third-order valence-electron chi connectivity index (χ3n) is 3.35. The van der Waals surface area contributed by atoms with Crippen molar-refractivity contribution in [3.63, 3.8) is 0 Å². The fraction of sp³-hybridized carbons (Fsp3) is 0.389. The molecule has 21 heavy (non-hydrogen) atoms. The molecule has 3 heteroatoms. The lowest BCUT2D eigenvalue weighted by molar-refractivity contribution is 0.0775. The molecule has 112 valence electrons. The zero-order chi connectivity index (χ0) is 15.5. The second-order valence-corrected chi connectivity index (χ2v) is 5.76. The summed E-state index contributed by atoms with van der Waals surface area (Å²) < 4.78 is 5.66. The minimum atomic E-state index is -0.873. The zero-order valence-corrected chi connectivity index (χ0v) is 13.2. The van der Waals surface area contributed by atoms with Crippen LogP contribution in [-0.2, 0) is 5.60 Å². The van der Waals surface area contributed by atoms with Crippen molar-refractivity contribution in [3.05, 3.63) is 47.7 Å². The summed E-state index contributed by atoms with van der Waals surface area (Å²) >= 11 is 0. The minimum absolute atomic E-state index is 0.716. The molecule has 0 aliphatic heterocycles. The van der Waals surface area contributed by atoms with Crippen LogP contribution >= 0.6 is 0 Å². The van der Waals surface area contributed by atoms with Crippen molar-refractivity contribution in [2.24, 2.45) is 0 Å². The normalized spacial score (nSPS) is 11.5. The first kappa shape index (κ1) is 15.5. The maximum atomic E-state index is 10.1. The number of nitrogens with zero attached hydrogens (tertiary/aromatic N) is 1. The molecule has 0 unspecified atom stereocenters. The first-order valence-corrected chi connectivity index (χ1v) is 7.35. The Morgan fingerprint density at radius 1 is 1.19 bits per heavy atom. The molecule has 1 N–H and O–H groups in total. The van der Waals surface area contributed by atoms with Crippen molar-refractivity contribution in [1.82, 2.24) is 4.98 Å². The van der Waals surface area contributed by atoms with Gasteiger partial charge in [0.05, 0.1) is 17.9 Å². The molecule has 0 saturated heterocycles. The van der Waals surface area contributed by atoms with E-state index in [1.165, 1.54) is 0 Å². The second-order valence-electron chi connectivity index (χ2n) is 5.76. The third-order valence-corrected chi connectivity index (χ3v) is 3.35. The van der Waals surface area contributed by atoms with E-state index in [0.29, 0.717) is 6.61 Å². The number of aliphatic hydroxyl groups is 1. The zero-order valence-electron chi connectivity index (χ0n) is 13.2. The maximum Gasteiger partial charge on any atom is 0.119 e. The van der Waals surface area contributed by atoms with Crippen LogP contribution in [-0.4, -0.2) is 16.7 Å². The predicted molar refractivity (Wildman–Crippen MR) is 85.4 cm³/mol. The molecule has 0 fully saturated rings. The summed E-state index contributed by atoms with van der Waals surface area (Å²) in [4.78, 5) is 4.62. The first-order valence-electron chi connectivity index (χ1n) is 7.35. The second kappa shape index (κ2) is 6.27. The minimum Gasteiger partial charge on any atom is -0.494 e. The Morgan fingerprint density at radius 3 is 2.57 bits per heavy atom. The Morgan fingerprint density at radius 2 is 1.95 bits per heavy atom. The monoisotopic (exact) mass is 285 g/mol. The van der Waals surface area contributed by atoms with Crippen LogP contribution in [0.3, 0.4) is 0 Å². The van der Waals surface area contributed by atoms with Gasteiger partial charge in [-0.3, -0.25) is 4.98 Å². The Kier molecular flexibility index (Phi) is 4.63. The lowest BCUT2D eigenvalue weighted by Gasteiger charge is -2.20. The topological polar surface area (TPSA) is 42.4 Å². The molecule has 0 aliphatic rings. The van der Waals surface area contributed by atoms with Gasteiger partial charge in [-0.1, -0.05) is 25.1 Å². The molecule has 3 nitrogen and oxygen atoms in total. The molecule has 0 radical (unpaired) electrons. The number of hydrogen-bond donors (Lipinski definition) is 1. The molecule has 1 aromatic carbocycles. The molecule has 0 aliphatic carbocycles. The number of ether oxygens (including phenoxy) is 1. The van der Waals surface area contributed by atoms with Crippen molar-refractivity contribution in [1.29, 1.82) is 0 Å². The largest absolute Gasteiger partial charge is 0.494 e. The average molecular weight is 285 g/mol. The summed E-state index contributed by atoms with van der Waals surface area (Å²) in [6.07, 6.45) is 0.988. The summed E-state index contributed by atoms with van der Waals surface area (Å²) in [5, 5.41) is 10.1. The van der Waals surface area contributed by atoms with E-state index < -0.39 is 5.60 Å². The molecule has 2 rings (SSSR count). The van der Waals surface area contributed by atoms with Gasteiger partial charge in [0.15, 0.2) is 0 Å². The van der Waals surface area contributed by atoms with Gasteiger partial charge in [0.2, 0.25) is 0 Å². The van der Waals surface area contributed by atoms with Crippen molar-refractivity contribution < 1.29 is 9.84 Å². The van der Waals surface area contributed by atoms with E-state index in [4.69, 9.17) is 4.74 Å². The van der Waals surface area contributed by atoms with Gasteiger partial charge in [0, 0.05) is 16.8 Å². The van der Waals surface area contributed by atoms with E-state index in [1.54, 1.807) is 13.8 Å². The van der Waals surface area contributed by atoms with Gasteiger partial charge in [-0.05, 0) is 45.4 Å². The van der Waals surface area contributed by atoms with E-state index in [9.17, 15) is 5.11 Å². The highest BCUT2D eigenvalue weighted by atomic mass is 16.5. The molecule has 1 heterocycles. The van der Waals surface area contributed by atoms with Crippen molar-refractivity contribution in [2.45, 2.75) is 39.7 Å². The lowest BCUT2D eigenvalue weighted by atomic mass is 9.96. The van der Waals surface area contributed by atoms with Crippen LogP contribution in [0.15, 0.2) is 36.4 Å². The molecular formula is C18H23NO2. The van der Waals surface area contributed by atoms with Crippen LogP contribution < -0.4 is 4.74 Å². The highest BCUT2D eigenvalue weighted by molar-refractivity contribution is 5.61. The van der Waals surface area contributed by atoms with Gasteiger partial charge in [0.1, 0.15) is 5.75 Å². The predicted octanol–water partition coefficient (Wildman–Crippen LogP) is 4.07. The SMILES string of the molecule is CCCOc1cccc(-c2ccc(C(C)(C)O)c(C)n2)c1. The number of rotatable bonds is 5. The summed E-state index contributed by atoms with van der Waals surface area (Å²) in [6, 6.07) is 11.8. The summed E-state index contributed by atoms with van der Waals surface area (Å²) in [7, 11) is 0. The van der Waals surface area contributed by atoms with Crippen molar-refractivity contribution >= 4 is 0 Å². The quantitative estimate of drug-likeness (QED) is 0.900. The highest BCUT2D eigenvalue weighted by Gasteiger charge is 2.19. The molecule has 0 spiro atoms. The van der Waals surface area contributed by atoms with Crippen LogP contribution in [0.4, 0.5) is 0 Å². The fourth-order valence-electron chi connectivity index (χ4n) is 2.33. The number of hydrogen-bond acceptors (Lipinski definition) is 3. The van der Waals surface area contributed by atoms with Crippen LogP contribution in [0.25, 0.3) is 11.3 Å². The average Bonchev–Trinajstić information content (AvgIpc) is 2.44. The van der Waals surface area contributed by atoms with E-state index in [2.05, 4.69) is 11.9 Å². The van der Waals surface area contributed by atoms with Gasteiger partial charge in [-0.2, -0.15) is 0 Å². The molecule has 0 amide bonds. The number of aryl methyl sites for hydroxylation is 1. The Bertz CT molecular complexity index is 615. The Labute approximate surface area is 126 Å². The molecule has 1 aromatic heterocycles. The Balaban J connectivity index is 2.32. The van der Waals surface area contributed by atoms with E-state index in [-0.39, 0.29) is 0 Å². The van der Waals surface area contributed by atoms with E-state index >= 15 is 0 Å². The smallest absolute Gasteiger partial charge is 0.119 e. The van der Waals surface area contributed by atoms with E-state index in [0.717, 1.165) is 34.7 Å². The Hall–Kier alpha value is -1.87. The van der Waals surface area contributed by atoms with Gasteiger partial charge < -0.3 is 9.84 Å². The standard InChI is InChI=1S/C18H23NO2/c1-5-11-21-15-8-6-7-14(12-15)17-10-9-16(13(2)19-17)18(3,4)20/h6-10,12,20H,5,11H2,1-4H3. The van der Waals surface area contributed by atoms with Gasteiger partial charge in [-0.25, -0.2) is 0 Å². The van der Waals surface area contributed by atoms with Crippen molar-refractivity contribution in [2.75, 3.05) is 6.61 Å². The molecular weight excluding hydrogens is 262 g/mol. The number of aromatic nitrogens is 1. The fourth-order valence-corrected chi connectivity index (χ4v) is 2.33.